The van der Waals surface area contributed by atoms with Gasteiger partial charge in [0, 0.05) is 17.7 Å². The summed E-state index contributed by atoms with van der Waals surface area (Å²) in [6.07, 6.45) is 2.36. The highest BCUT2D eigenvalue weighted by Crippen LogP contribution is 2.27. The zero-order chi connectivity index (χ0) is 22.4. The van der Waals surface area contributed by atoms with Crippen molar-refractivity contribution in [3.05, 3.63) is 70.3 Å². The van der Waals surface area contributed by atoms with Gasteiger partial charge in [-0.3, -0.25) is 4.79 Å². The van der Waals surface area contributed by atoms with Gasteiger partial charge in [-0.15, -0.1) is 0 Å². The van der Waals surface area contributed by atoms with Gasteiger partial charge in [0.05, 0.1) is 17.6 Å². The van der Waals surface area contributed by atoms with Gasteiger partial charge in [0.15, 0.2) is 0 Å². The number of benzene rings is 2. The van der Waals surface area contributed by atoms with E-state index in [0.717, 1.165) is 34.7 Å². The summed E-state index contributed by atoms with van der Waals surface area (Å²) in [5.74, 6) is 5.29. The Labute approximate surface area is 183 Å². The van der Waals surface area contributed by atoms with Crippen molar-refractivity contribution in [3.63, 3.8) is 0 Å². The number of nitrogens with one attached hydrogen (secondary N) is 1. The number of carboxylic acids is 1. The van der Waals surface area contributed by atoms with Gasteiger partial charge < -0.3 is 15.2 Å². The Morgan fingerprint density at radius 2 is 1.71 bits per heavy atom. The van der Waals surface area contributed by atoms with Crippen molar-refractivity contribution >= 4 is 11.9 Å². The second-order valence-electron chi connectivity index (χ2n) is 8.33. The van der Waals surface area contributed by atoms with Crippen molar-refractivity contribution < 1.29 is 19.4 Å². The molecular weight excluding hydrogens is 390 g/mol. The molecule has 0 saturated heterocycles. The molecule has 1 fully saturated rings. The topological polar surface area (TPSA) is 75.6 Å². The molecule has 0 aromatic heterocycles. The van der Waals surface area contributed by atoms with Gasteiger partial charge in [-0.2, -0.15) is 0 Å². The first-order valence-electron chi connectivity index (χ1n) is 10.7. The zero-order valence-corrected chi connectivity index (χ0v) is 18.3. The van der Waals surface area contributed by atoms with Crippen LogP contribution in [0.25, 0.3) is 0 Å². The van der Waals surface area contributed by atoms with E-state index >= 15 is 0 Å². The lowest BCUT2D eigenvalue weighted by Crippen LogP contribution is -2.20. The molecule has 31 heavy (non-hydrogen) atoms. The average molecular weight is 420 g/mol. The highest BCUT2D eigenvalue weighted by atomic mass is 16.5. The van der Waals surface area contributed by atoms with Crippen LogP contribution in [0.4, 0.5) is 0 Å². The van der Waals surface area contributed by atoms with E-state index in [4.69, 9.17) is 9.84 Å². The van der Waals surface area contributed by atoms with Crippen LogP contribution in [-0.2, 0) is 16.1 Å². The molecule has 0 amide bonds. The largest absolute Gasteiger partial charge is 0.481 e. The van der Waals surface area contributed by atoms with Gasteiger partial charge in [0.1, 0.15) is 0 Å². The maximum atomic E-state index is 12.5. The van der Waals surface area contributed by atoms with Gasteiger partial charge in [0.2, 0.25) is 0 Å². The third-order valence-corrected chi connectivity index (χ3v) is 5.25. The fourth-order valence-electron chi connectivity index (χ4n) is 3.17. The molecule has 1 saturated carbocycles. The van der Waals surface area contributed by atoms with Crippen LogP contribution in [-0.4, -0.2) is 29.7 Å². The lowest BCUT2D eigenvalue weighted by molar-refractivity contribution is -0.138. The highest BCUT2D eigenvalue weighted by molar-refractivity contribution is 5.91. The Bertz CT molecular complexity index is 994. The maximum Gasteiger partial charge on any atom is 0.338 e. The number of ether oxygens (including phenoxy) is 1. The van der Waals surface area contributed by atoms with Gasteiger partial charge in [-0.1, -0.05) is 24.0 Å². The smallest absolute Gasteiger partial charge is 0.338 e. The third-order valence-electron chi connectivity index (χ3n) is 5.25. The zero-order valence-electron chi connectivity index (χ0n) is 18.3. The summed E-state index contributed by atoms with van der Waals surface area (Å²) in [5.41, 5.74) is 3.80. The van der Waals surface area contributed by atoms with Crippen molar-refractivity contribution in [1.29, 1.82) is 0 Å². The molecule has 1 unspecified atom stereocenters. The Morgan fingerprint density at radius 1 is 1.06 bits per heavy atom. The Balaban J connectivity index is 1.77. The van der Waals surface area contributed by atoms with Crippen molar-refractivity contribution in [1.82, 2.24) is 5.32 Å². The van der Waals surface area contributed by atoms with Gasteiger partial charge in [0.25, 0.3) is 0 Å². The monoisotopic (exact) mass is 419 g/mol. The van der Waals surface area contributed by atoms with E-state index in [1.807, 2.05) is 38.1 Å². The average Bonchev–Trinajstić information content (AvgIpc) is 3.56. The van der Waals surface area contributed by atoms with E-state index in [-0.39, 0.29) is 12.1 Å². The Morgan fingerprint density at radius 3 is 2.32 bits per heavy atom. The predicted molar refractivity (Wildman–Crippen MR) is 120 cm³/mol. The number of hydrogen-bond acceptors (Lipinski definition) is 4. The molecule has 1 aliphatic carbocycles. The molecule has 5 heteroatoms. The molecule has 0 heterocycles. The summed E-state index contributed by atoms with van der Waals surface area (Å²) in [6.45, 7) is 6.89. The molecule has 162 valence electrons. The van der Waals surface area contributed by atoms with Crippen LogP contribution in [0, 0.1) is 17.8 Å². The minimum absolute atomic E-state index is 0.175. The summed E-state index contributed by atoms with van der Waals surface area (Å²) >= 11 is 0. The summed E-state index contributed by atoms with van der Waals surface area (Å²) in [5, 5.41) is 12.6. The summed E-state index contributed by atoms with van der Waals surface area (Å²) in [4.78, 5) is 23.6. The second-order valence-corrected chi connectivity index (χ2v) is 8.33. The predicted octanol–water partition coefficient (Wildman–Crippen LogP) is 4.34. The number of hydrogen-bond donors (Lipinski definition) is 2. The molecule has 0 aliphatic heterocycles. The van der Waals surface area contributed by atoms with Crippen molar-refractivity contribution in [2.45, 2.75) is 52.2 Å². The molecule has 2 aromatic carbocycles. The van der Waals surface area contributed by atoms with E-state index in [1.165, 1.54) is 12.8 Å². The third kappa shape index (κ3) is 6.70. The molecule has 2 aromatic rings. The number of carboxylic acid groups (broad SMARTS) is 1. The molecule has 1 aliphatic rings. The van der Waals surface area contributed by atoms with Crippen LogP contribution in [0.5, 0.6) is 0 Å². The lowest BCUT2D eigenvalue weighted by Gasteiger charge is -2.13. The van der Waals surface area contributed by atoms with Crippen LogP contribution in [0.15, 0.2) is 42.5 Å². The quantitative estimate of drug-likeness (QED) is 0.492. The van der Waals surface area contributed by atoms with Gasteiger partial charge in [-0.05, 0) is 87.5 Å². The van der Waals surface area contributed by atoms with Crippen LogP contribution < -0.4 is 5.32 Å². The number of carbonyl (C=O) groups excluding carboxylic acids is 1. The normalized spacial score (nSPS) is 13.9. The Kier molecular flexibility index (Phi) is 7.49. The SMILES string of the molecule is CC(C)OC(=O)c1ccc(C#Cc2ccc(C(C)C(=O)O)cc2)cc1CNCC1CC1. The molecule has 1 atom stereocenters. The van der Waals surface area contributed by atoms with Crippen LogP contribution in [0.2, 0.25) is 0 Å². The highest BCUT2D eigenvalue weighted by Gasteiger charge is 2.21. The van der Waals surface area contributed by atoms with E-state index in [1.54, 1.807) is 25.1 Å². The second kappa shape index (κ2) is 10.3. The van der Waals surface area contributed by atoms with Crippen molar-refractivity contribution in [2.75, 3.05) is 6.54 Å². The summed E-state index contributed by atoms with van der Waals surface area (Å²) in [6, 6.07) is 12.8. The first-order chi connectivity index (χ1) is 14.8. The van der Waals surface area contributed by atoms with E-state index in [2.05, 4.69) is 17.2 Å². The van der Waals surface area contributed by atoms with E-state index < -0.39 is 11.9 Å². The van der Waals surface area contributed by atoms with E-state index in [9.17, 15) is 9.59 Å². The number of esters is 1. The molecule has 0 bridgehead atoms. The molecule has 3 rings (SSSR count). The molecule has 0 spiro atoms. The summed E-state index contributed by atoms with van der Waals surface area (Å²) < 4.78 is 5.39. The summed E-state index contributed by atoms with van der Waals surface area (Å²) in [7, 11) is 0. The van der Waals surface area contributed by atoms with Crippen LogP contribution in [0.3, 0.4) is 0 Å². The fraction of sp³-hybridized carbons (Fsp3) is 0.385. The van der Waals surface area contributed by atoms with Gasteiger partial charge >= 0.3 is 11.9 Å². The number of aliphatic carboxylic acids is 1. The van der Waals surface area contributed by atoms with Crippen LogP contribution >= 0.6 is 0 Å². The molecule has 5 nitrogen and oxygen atoms in total. The van der Waals surface area contributed by atoms with E-state index in [0.29, 0.717) is 12.1 Å². The number of carbonyl (C=O) groups is 2. The van der Waals surface area contributed by atoms with Gasteiger partial charge in [-0.25, -0.2) is 4.79 Å². The van der Waals surface area contributed by atoms with Crippen molar-refractivity contribution in [3.8, 4) is 11.8 Å². The standard InChI is InChI=1S/C26H29NO4/c1-17(2)31-26(30)24-13-10-20(14-23(24)16-27-15-21-6-7-21)5-4-19-8-11-22(12-9-19)18(3)25(28)29/h8-14,17-18,21,27H,6-7,15-16H2,1-3H3,(H,28,29). The Hall–Kier alpha value is -3.10. The fourth-order valence-corrected chi connectivity index (χ4v) is 3.17. The maximum absolute atomic E-state index is 12.5. The number of rotatable bonds is 8. The first kappa shape index (κ1) is 22.6. The molecule has 0 radical (unpaired) electrons. The lowest BCUT2D eigenvalue weighted by atomic mass is 10.00. The molecule has 2 N–H and O–H groups in total. The first-order valence-corrected chi connectivity index (χ1v) is 10.7. The van der Waals surface area contributed by atoms with Crippen molar-refractivity contribution in [2.24, 2.45) is 5.92 Å². The minimum Gasteiger partial charge on any atom is -0.481 e. The van der Waals surface area contributed by atoms with Crippen LogP contribution in [0.1, 0.15) is 72.1 Å². The minimum atomic E-state index is -0.849. The molecular formula is C26H29NO4.